The zero-order valence-electron chi connectivity index (χ0n) is 14.7. The van der Waals surface area contributed by atoms with Crippen LogP contribution >= 0.6 is 22.9 Å². The molecule has 5 nitrogen and oxygen atoms in total. The van der Waals surface area contributed by atoms with Crippen LogP contribution in [0.4, 0.5) is 0 Å². The average Bonchev–Trinajstić information content (AvgIpc) is 2.98. The van der Waals surface area contributed by atoms with Gasteiger partial charge in [-0.3, -0.25) is 9.69 Å². The lowest BCUT2D eigenvalue weighted by molar-refractivity contribution is -0.148. The molecule has 2 aromatic rings. The van der Waals surface area contributed by atoms with E-state index in [1.165, 1.54) is 10.4 Å². The van der Waals surface area contributed by atoms with Crippen LogP contribution in [0.25, 0.3) is 0 Å². The summed E-state index contributed by atoms with van der Waals surface area (Å²) in [5, 5.41) is 2.70. The molecule has 1 atom stereocenters. The van der Waals surface area contributed by atoms with Crippen LogP contribution in [0.5, 0.6) is 5.75 Å². The number of nitrogens with two attached hydrogens (primary N) is 1. The molecular weight excluding hydrogens is 372 g/mol. The van der Waals surface area contributed by atoms with Crippen molar-refractivity contribution in [3.8, 4) is 5.75 Å². The van der Waals surface area contributed by atoms with Crippen molar-refractivity contribution < 1.29 is 14.3 Å². The smallest absolute Gasteiger partial charge is 0.220 e. The van der Waals surface area contributed by atoms with E-state index in [1.54, 1.807) is 23.5 Å². The number of hydrogen-bond acceptors (Lipinski definition) is 5. The van der Waals surface area contributed by atoms with E-state index in [1.807, 2.05) is 12.1 Å². The second-order valence-corrected chi connectivity index (χ2v) is 8.10. The molecule has 1 aromatic carbocycles. The SMILES string of the molecule is Cc1ccsc1CN1CCOC(COc2cccc(Cl)c2)(CC(N)=O)C1. The number of halogens is 1. The maximum Gasteiger partial charge on any atom is 0.220 e. The Morgan fingerprint density at radius 3 is 3.00 bits per heavy atom. The Labute approximate surface area is 162 Å². The molecule has 0 aliphatic carbocycles. The first-order chi connectivity index (χ1) is 12.5. The Hall–Kier alpha value is -1.60. The van der Waals surface area contributed by atoms with Gasteiger partial charge in [0.05, 0.1) is 13.0 Å². The highest BCUT2D eigenvalue weighted by atomic mass is 35.5. The van der Waals surface area contributed by atoms with Gasteiger partial charge in [0.1, 0.15) is 18.0 Å². The van der Waals surface area contributed by atoms with Gasteiger partial charge in [0, 0.05) is 29.5 Å². The van der Waals surface area contributed by atoms with Crippen LogP contribution < -0.4 is 10.5 Å². The third-order valence-corrected chi connectivity index (χ3v) is 5.70. The average molecular weight is 395 g/mol. The number of benzene rings is 1. The van der Waals surface area contributed by atoms with Crippen molar-refractivity contribution in [2.45, 2.75) is 25.5 Å². The molecule has 3 rings (SSSR count). The summed E-state index contributed by atoms with van der Waals surface area (Å²) in [7, 11) is 0. The van der Waals surface area contributed by atoms with E-state index < -0.39 is 11.5 Å². The number of aryl methyl sites for hydroxylation is 1. The molecule has 0 spiro atoms. The van der Waals surface area contributed by atoms with Crippen LogP contribution in [0.1, 0.15) is 16.9 Å². The third-order valence-electron chi connectivity index (χ3n) is 4.46. The summed E-state index contributed by atoms with van der Waals surface area (Å²) >= 11 is 7.76. The summed E-state index contributed by atoms with van der Waals surface area (Å²) in [6.07, 6.45) is 0.119. The van der Waals surface area contributed by atoms with E-state index in [2.05, 4.69) is 23.3 Å². The molecule has 7 heteroatoms. The number of hydrogen-bond donors (Lipinski definition) is 1. The summed E-state index contributed by atoms with van der Waals surface area (Å²) in [6, 6.07) is 9.32. The first kappa shape index (κ1) is 19.2. The molecule has 0 saturated carbocycles. The minimum atomic E-state index is -0.752. The Morgan fingerprint density at radius 2 is 2.31 bits per heavy atom. The number of morpholine rings is 1. The van der Waals surface area contributed by atoms with E-state index in [-0.39, 0.29) is 13.0 Å². The van der Waals surface area contributed by atoms with Crippen molar-refractivity contribution >= 4 is 28.8 Å². The number of rotatable bonds is 7. The lowest BCUT2D eigenvalue weighted by atomic mass is 9.97. The van der Waals surface area contributed by atoms with Gasteiger partial charge in [0.25, 0.3) is 0 Å². The second kappa shape index (κ2) is 8.39. The van der Waals surface area contributed by atoms with Crippen molar-refractivity contribution in [3.05, 3.63) is 51.2 Å². The normalized spacial score (nSPS) is 20.8. The standard InChI is InChI=1S/C19H23ClN2O3S/c1-14-5-8-26-17(14)11-22-6-7-25-19(12-22,10-18(21)23)13-24-16-4-2-3-15(20)9-16/h2-5,8-9H,6-7,10-13H2,1H3,(H2,21,23). The molecule has 26 heavy (non-hydrogen) atoms. The molecule has 140 valence electrons. The molecule has 0 bridgehead atoms. The number of carbonyl (C=O) groups is 1. The Bertz CT molecular complexity index is 767. The summed E-state index contributed by atoms with van der Waals surface area (Å²) in [4.78, 5) is 15.3. The maximum atomic E-state index is 11.7. The molecule has 1 aromatic heterocycles. The molecule has 1 fully saturated rings. The summed E-state index contributed by atoms with van der Waals surface area (Å²) in [6.45, 7) is 5.14. The maximum absolute atomic E-state index is 11.7. The molecule has 1 aliphatic rings. The number of thiophene rings is 1. The molecule has 1 amide bonds. The molecule has 2 heterocycles. The number of primary amides is 1. The zero-order chi connectivity index (χ0) is 18.6. The lowest BCUT2D eigenvalue weighted by Crippen LogP contribution is -2.56. The van der Waals surface area contributed by atoms with Gasteiger partial charge in [-0.25, -0.2) is 0 Å². The van der Waals surface area contributed by atoms with Gasteiger partial charge in [-0.2, -0.15) is 0 Å². The lowest BCUT2D eigenvalue weighted by Gasteiger charge is -2.42. The highest BCUT2D eigenvalue weighted by Gasteiger charge is 2.39. The van der Waals surface area contributed by atoms with Gasteiger partial charge in [0.15, 0.2) is 0 Å². The largest absolute Gasteiger partial charge is 0.490 e. The van der Waals surface area contributed by atoms with Gasteiger partial charge in [0.2, 0.25) is 5.91 Å². The predicted octanol–water partition coefficient (Wildman–Crippen LogP) is 3.24. The van der Waals surface area contributed by atoms with Crippen molar-refractivity contribution in [3.63, 3.8) is 0 Å². The molecule has 2 N–H and O–H groups in total. The number of amides is 1. The van der Waals surface area contributed by atoms with Crippen molar-refractivity contribution in [2.24, 2.45) is 5.73 Å². The molecule has 1 unspecified atom stereocenters. The molecular formula is C19H23ClN2O3S. The predicted molar refractivity (Wildman–Crippen MR) is 104 cm³/mol. The Kier molecular flexibility index (Phi) is 6.19. The van der Waals surface area contributed by atoms with Gasteiger partial charge in [-0.15, -0.1) is 11.3 Å². The van der Waals surface area contributed by atoms with Gasteiger partial charge in [-0.1, -0.05) is 17.7 Å². The Balaban J connectivity index is 1.71. The van der Waals surface area contributed by atoms with Crippen LogP contribution in [-0.4, -0.2) is 42.7 Å². The van der Waals surface area contributed by atoms with E-state index >= 15 is 0 Å². The van der Waals surface area contributed by atoms with E-state index in [9.17, 15) is 4.79 Å². The van der Waals surface area contributed by atoms with E-state index in [0.717, 1.165) is 13.1 Å². The van der Waals surface area contributed by atoms with Gasteiger partial charge >= 0.3 is 0 Å². The van der Waals surface area contributed by atoms with Crippen LogP contribution in [0.3, 0.4) is 0 Å². The van der Waals surface area contributed by atoms with Crippen LogP contribution in [0, 0.1) is 6.92 Å². The minimum absolute atomic E-state index is 0.119. The molecule has 1 saturated heterocycles. The third kappa shape index (κ3) is 4.98. The van der Waals surface area contributed by atoms with Crippen LogP contribution in [0.15, 0.2) is 35.7 Å². The fourth-order valence-electron chi connectivity index (χ4n) is 3.16. The Morgan fingerprint density at radius 1 is 1.46 bits per heavy atom. The zero-order valence-corrected chi connectivity index (χ0v) is 16.3. The van der Waals surface area contributed by atoms with E-state index in [0.29, 0.717) is 23.9 Å². The first-order valence-corrected chi connectivity index (χ1v) is 9.77. The highest BCUT2D eigenvalue weighted by molar-refractivity contribution is 7.10. The van der Waals surface area contributed by atoms with Crippen molar-refractivity contribution in [1.82, 2.24) is 4.90 Å². The number of ether oxygens (including phenoxy) is 2. The van der Waals surface area contributed by atoms with Crippen LogP contribution in [0.2, 0.25) is 5.02 Å². The number of nitrogens with zero attached hydrogens (tertiary/aromatic N) is 1. The number of carbonyl (C=O) groups excluding carboxylic acids is 1. The first-order valence-electron chi connectivity index (χ1n) is 8.52. The molecule has 1 aliphatic heterocycles. The van der Waals surface area contributed by atoms with Gasteiger partial charge < -0.3 is 15.2 Å². The van der Waals surface area contributed by atoms with Crippen LogP contribution in [-0.2, 0) is 16.1 Å². The van der Waals surface area contributed by atoms with Crippen molar-refractivity contribution in [1.29, 1.82) is 0 Å². The molecule has 0 radical (unpaired) electrons. The summed E-state index contributed by atoms with van der Waals surface area (Å²) in [5.41, 5.74) is 6.03. The fraction of sp³-hybridized carbons (Fsp3) is 0.421. The minimum Gasteiger partial charge on any atom is -0.490 e. The van der Waals surface area contributed by atoms with Crippen molar-refractivity contribution in [2.75, 3.05) is 26.3 Å². The second-order valence-electron chi connectivity index (χ2n) is 6.66. The monoisotopic (exact) mass is 394 g/mol. The highest BCUT2D eigenvalue weighted by Crippen LogP contribution is 2.27. The summed E-state index contributed by atoms with van der Waals surface area (Å²) < 4.78 is 11.9. The topological polar surface area (TPSA) is 64.8 Å². The van der Waals surface area contributed by atoms with Gasteiger partial charge in [-0.05, 0) is 42.1 Å². The fourth-order valence-corrected chi connectivity index (χ4v) is 4.29. The quantitative estimate of drug-likeness (QED) is 0.783. The summed E-state index contributed by atoms with van der Waals surface area (Å²) in [5.74, 6) is 0.255. The van der Waals surface area contributed by atoms with E-state index in [4.69, 9.17) is 26.8 Å².